The first-order chi connectivity index (χ1) is 16.3. The van der Waals surface area contributed by atoms with E-state index < -0.39 is 5.60 Å². The number of ketones is 1. The van der Waals surface area contributed by atoms with E-state index in [9.17, 15) is 15.0 Å². The van der Waals surface area contributed by atoms with E-state index in [-0.39, 0.29) is 23.7 Å². The maximum absolute atomic E-state index is 12.2. The van der Waals surface area contributed by atoms with Gasteiger partial charge in [0.2, 0.25) is 0 Å². The zero-order valence-corrected chi connectivity index (χ0v) is 20.6. The van der Waals surface area contributed by atoms with E-state index in [1.807, 2.05) is 25.2 Å². The van der Waals surface area contributed by atoms with Crippen molar-refractivity contribution in [1.82, 2.24) is 0 Å². The molecule has 2 saturated carbocycles. The van der Waals surface area contributed by atoms with Crippen molar-refractivity contribution in [3.8, 4) is 0 Å². The molecule has 1 aromatic rings. The van der Waals surface area contributed by atoms with Crippen molar-refractivity contribution in [3.63, 3.8) is 0 Å². The van der Waals surface area contributed by atoms with E-state index in [1.165, 1.54) is 16.7 Å². The maximum Gasteiger partial charge on any atom is 0.156 e. The third kappa shape index (κ3) is 3.69. The quantitative estimate of drug-likeness (QED) is 0.510. The van der Waals surface area contributed by atoms with Gasteiger partial charge in [-0.2, -0.15) is 0 Å². The van der Waals surface area contributed by atoms with Crippen LogP contribution < -0.4 is 0 Å². The third-order valence-corrected chi connectivity index (χ3v) is 9.45. The molecule has 0 amide bonds. The fourth-order valence-electron chi connectivity index (χ4n) is 7.62. The average molecular weight is 459 g/mol. The summed E-state index contributed by atoms with van der Waals surface area (Å²) in [6.45, 7) is 8.55. The second-order valence-corrected chi connectivity index (χ2v) is 11.3. The highest BCUT2D eigenvalue weighted by atomic mass is 16.3. The van der Waals surface area contributed by atoms with Crippen LogP contribution in [-0.2, 0) is 4.79 Å². The number of allylic oxidation sites excluding steroid dienone is 5. The number of carbonyl (C=O) groups excluding carboxylic acids is 1. The average Bonchev–Trinajstić information content (AvgIpc) is 3.09. The van der Waals surface area contributed by atoms with Crippen molar-refractivity contribution in [2.75, 3.05) is 6.61 Å². The van der Waals surface area contributed by atoms with Gasteiger partial charge in [0, 0.05) is 24.4 Å². The predicted molar refractivity (Wildman–Crippen MR) is 137 cm³/mol. The first-order valence-corrected chi connectivity index (χ1v) is 13.0. The lowest BCUT2D eigenvalue weighted by molar-refractivity contribution is -0.114. The molecule has 0 aliphatic heterocycles. The van der Waals surface area contributed by atoms with Crippen molar-refractivity contribution < 1.29 is 15.0 Å². The first kappa shape index (κ1) is 23.5. The van der Waals surface area contributed by atoms with Gasteiger partial charge in [-0.05, 0) is 92.1 Å². The molecule has 0 radical (unpaired) electrons. The minimum Gasteiger partial charge on any atom is -0.396 e. The normalized spacial score (nSPS) is 35.1. The number of hydrogen-bond acceptors (Lipinski definition) is 3. The largest absolute Gasteiger partial charge is 0.396 e. The van der Waals surface area contributed by atoms with Crippen LogP contribution in [0.1, 0.15) is 82.3 Å². The summed E-state index contributed by atoms with van der Waals surface area (Å²) in [5.41, 5.74) is 6.73. The van der Waals surface area contributed by atoms with Crippen molar-refractivity contribution in [2.24, 2.45) is 17.3 Å². The summed E-state index contributed by atoms with van der Waals surface area (Å²) in [7, 11) is 0. The van der Waals surface area contributed by atoms with Crippen LogP contribution in [0.4, 0.5) is 0 Å². The van der Waals surface area contributed by atoms with Crippen molar-refractivity contribution in [1.29, 1.82) is 0 Å². The van der Waals surface area contributed by atoms with Crippen LogP contribution in [0.15, 0.2) is 65.8 Å². The molecule has 1 aromatic carbocycles. The van der Waals surface area contributed by atoms with Gasteiger partial charge in [0.25, 0.3) is 0 Å². The Morgan fingerprint density at radius 3 is 2.65 bits per heavy atom. The Hall–Kier alpha value is -2.23. The lowest BCUT2D eigenvalue weighted by Crippen LogP contribution is -2.50. The summed E-state index contributed by atoms with van der Waals surface area (Å²) in [6.07, 6.45) is 12.7. The molecule has 3 nitrogen and oxygen atoms in total. The van der Waals surface area contributed by atoms with Gasteiger partial charge >= 0.3 is 0 Å². The molecule has 3 heteroatoms. The third-order valence-electron chi connectivity index (χ3n) is 9.45. The molecule has 5 atom stereocenters. The van der Waals surface area contributed by atoms with Crippen LogP contribution in [0.3, 0.4) is 0 Å². The minimum absolute atomic E-state index is 0.108. The molecule has 0 bridgehead atoms. The molecular weight excluding hydrogens is 420 g/mol. The second-order valence-electron chi connectivity index (χ2n) is 11.3. The topological polar surface area (TPSA) is 57.5 Å². The SMILES string of the molecule is C=C(C)c1ccc([C@H]2C[C@@]3(C)[C@@H](CC[C@@]3(O)/C=C\CCO)[C@@H]3CCC4=CC(=O)CCC4=C32)cc1. The van der Waals surface area contributed by atoms with Crippen molar-refractivity contribution in [3.05, 3.63) is 76.9 Å². The zero-order valence-electron chi connectivity index (χ0n) is 20.6. The maximum atomic E-state index is 12.2. The van der Waals surface area contributed by atoms with Crippen LogP contribution in [0.5, 0.6) is 0 Å². The molecule has 0 spiro atoms. The van der Waals surface area contributed by atoms with Crippen molar-refractivity contribution in [2.45, 2.75) is 76.7 Å². The highest BCUT2D eigenvalue weighted by Gasteiger charge is 2.61. The van der Waals surface area contributed by atoms with Crippen molar-refractivity contribution >= 4 is 11.4 Å². The molecular formula is C31H38O3. The summed E-state index contributed by atoms with van der Waals surface area (Å²) in [6, 6.07) is 8.87. The van der Waals surface area contributed by atoms with Crippen LogP contribution in [0, 0.1) is 17.3 Å². The van der Waals surface area contributed by atoms with Gasteiger partial charge in [-0.25, -0.2) is 0 Å². The van der Waals surface area contributed by atoms with Gasteiger partial charge < -0.3 is 10.2 Å². The summed E-state index contributed by atoms with van der Waals surface area (Å²) >= 11 is 0. The standard InChI is InChI=1S/C31H38O3/c1-20(2)21-6-8-22(9-7-21)27-19-30(3)28(14-16-31(30,34)15-4-5-17-32)26-12-10-23-18-24(33)11-13-25(23)29(26)27/h4,6-9,15,18,26-28,32,34H,1,5,10-14,16-17,19H2,2-3H3/b15-4-/t26-,27+,28-,30-,31-/m0/s1. The molecule has 2 N–H and O–H groups in total. The second kappa shape index (κ2) is 8.77. The molecule has 5 rings (SSSR count). The molecule has 0 saturated heterocycles. The molecule has 2 fully saturated rings. The lowest BCUT2D eigenvalue weighted by Gasteiger charge is -2.54. The van der Waals surface area contributed by atoms with E-state index in [0.717, 1.165) is 49.7 Å². The summed E-state index contributed by atoms with van der Waals surface area (Å²) in [5, 5.41) is 21.2. The van der Waals surface area contributed by atoms with Gasteiger partial charge in [0.05, 0.1) is 5.60 Å². The Labute approximate surface area is 204 Å². The van der Waals surface area contributed by atoms with Gasteiger partial charge in [0.1, 0.15) is 0 Å². The predicted octanol–water partition coefficient (Wildman–Crippen LogP) is 6.29. The number of aliphatic hydroxyl groups excluding tert-OH is 1. The number of carbonyl (C=O) groups is 1. The Kier molecular flexibility index (Phi) is 6.06. The number of benzene rings is 1. The van der Waals surface area contributed by atoms with Gasteiger partial charge in [0.15, 0.2) is 5.78 Å². The van der Waals surface area contributed by atoms with Crippen LogP contribution in [-0.4, -0.2) is 28.2 Å². The Morgan fingerprint density at radius 2 is 1.94 bits per heavy atom. The lowest BCUT2D eigenvalue weighted by atomic mass is 9.51. The smallest absolute Gasteiger partial charge is 0.156 e. The molecule has 0 unspecified atom stereocenters. The molecule has 4 aliphatic rings. The Balaban J connectivity index is 1.63. The fourth-order valence-corrected chi connectivity index (χ4v) is 7.62. The molecule has 180 valence electrons. The van der Waals surface area contributed by atoms with E-state index in [2.05, 4.69) is 37.8 Å². The molecule has 4 aliphatic carbocycles. The highest BCUT2D eigenvalue weighted by molar-refractivity contribution is 5.93. The van der Waals surface area contributed by atoms with E-state index >= 15 is 0 Å². The van der Waals surface area contributed by atoms with E-state index in [0.29, 0.717) is 24.7 Å². The van der Waals surface area contributed by atoms with Crippen LogP contribution in [0.25, 0.3) is 5.57 Å². The number of aliphatic hydroxyl groups is 2. The van der Waals surface area contributed by atoms with E-state index in [4.69, 9.17) is 0 Å². The first-order valence-electron chi connectivity index (χ1n) is 13.0. The van der Waals surface area contributed by atoms with Crippen LogP contribution in [0.2, 0.25) is 0 Å². The summed E-state index contributed by atoms with van der Waals surface area (Å²) in [5.74, 6) is 1.40. The monoisotopic (exact) mass is 458 g/mol. The van der Waals surface area contributed by atoms with Gasteiger partial charge in [-0.15, -0.1) is 0 Å². The fraction of sp³-hybridized carbons (Fsp3) is 0.516. The molecule has 0 heterocycles. The minimum atomic E-state index is -0.850. The number of fused-ring (bicyclic) bond motifs is 4. The van der Waals surface area contributed by atoms with Gasteiger partial charge in [-0.3, -0.25) is 4.79 Å². The van der Waals surface area contributed by atoms with Crippen LogP contribution >= 0.6 is 0 Å². The van der Waals surface area contributed by atoms with E-state index in [1.54, 1.807) is 5.57 Å². The molecule has 0 aromatic heterocycles. The zero-order chi connectivity index (χ0) is 24.1. The van der Waals surface area contributed by atoms with Gasteiger partial charge in [-0.1, -0.05) is 61.1 Å². The summed E-state index contributed by atoms with van der Waals surface area (Å²) < 4.78 is 0. The number of rotatable bonds is 5. The highest BCUT2D eigenvalue weighted by Crippen LogP contribution is 2.67. The Morgan fingerprint density at radius 1 is 1.18 bits per heavy atom. The summed E-state index contributed by atoms with van der Waals surface area (Å²) in [4.78, 5) is 12.2. The molecule has 34 heavy (non-hydrogen) atoms. The number of hydrogen-bond donors (Lipinski definition) is 2. The Bertz CT molecular complexity index is 1090.